The van der Waals surface area contributed by atoms with Gasteiger partial charge in [0.15, 0.2) is 11.2 Å². The fraction of sp³-hybridized carbons (Fsp3) is 0.148. The standard InChI is InChI=1S/C27H18ClN3O/c28-21-12-13-22-20(15-21)11-14-23-27(16-29,17-30)24(18-7-3-1-4-8-18)25(31(22)23)26(32)19-9-5-2-6-10-19/h1-15,23-25H/t23-,24+,25-/m0/s1. The Balaban J connectivity index is 1.79. The Hall–Kier alpha value is -3.86. The molecule has 2 aliphatic heterocycles. The van der Waals surface area contributed by atoms with Gasteiger partial charge in [0.05, 0.1) is 18.2 Å². The molecule has 3 aromatic rings. The lowest BCUT2D eigenvalue weighted by Gasteiger charge is -2.35. The van der Waals surface area contributed by atoms with E-state index < -0.39 is 23.4 Å². The first-order valence-electron chi connectivity index (χ1n) is 10.3. The van der Waals surface area contributed by atoms with E-state index in [1.807, 2.05) is 77.7 Å². The van der Waals surface area contributed by atoms with Crippen LogP contribution < -0.4 is 4.90 Å². The second-order valence-corrected chi connectivity index (χ2v) is 8.51. The summed E-state index contributed by atoms with van der Waals surface area (Å²) in [6, 6.07) is 27.3. The van der Waals surface area contributed by atoms with Crippen LogP contribution in [0.1, 0.15) is 27.4 Å². The van der Waals surface area contributed by atoms with Crippen LogP contribution in [0.4, 0.5) is 5.69 Å². The first kappa shape index (κ1) is 20.1. The molecule has 154 valence electrons. The summed E-state index contributed by atoms with van der Waals surface area (Å²) in [6.45, 7) is 0. The number of anilines is 1. The monoisotopic (exact) mass is 435 g/mol. The number of benzene rings is 3. The molecule has 0 saturated carbocycles. The second-order valence-electron chi connectivity index (χ2n) is 8.07. The predicted molar refractivity (Wildman–Crippen MR) is 124 cm³/mol. The van der Waals surface area contributed by atoms with E-state index in [4.69, 9.17) is 11.6 Å². The normalized spacial score (nSPS) is 22.3. The number of Topliss-reactive ketones (excluding diaryl/α,β-unsaturated/α-hetero) is 1. The number of rotatable bonds is 3. The van der Waals surface area contributed by atoms with Crippen molar-refractivity contribution in [2.75, 3.05) is 4.90 Å². The van der Waals surface area contributed by atoms with Crippen molar-refractivity contribution in [2.45, 2.75) is 18.0 Å². The fourth-order valence-electron chi connectivity index (χ4n) is 5.07. The minimum absolute atomic E-state index is 0.118. The number of carbonyl (C=O) groups is 1. The van der Waals surface area contributed by atoms with Gasteiger partial charge in [-0.3, -0.25) is 4.79 Å². The summed E-state index contributed by atoms with van der Waals surface area (Å²) in [7, 11) is 0. The molecule has 0 N–H and O–H groups in total. The smallest absolute Gasteiger partial charge is 0.185 e. The molecule has 0 amide bonds. The average Bonchev–Trinajstić information content (AvgIpc) is 3.15. The largest absolute Gasteiger partial charge is 0.351 e. The third kappa shape index (κ3) is 2.85. The van der Waals surface area contributed by atoms with Gasteiger partial charge in [0, 0.05) is 22.2 Å². The van der Waals surface area contributed by atoms with E-state index in [1.54, 1.807) is 18.2 Å². The van der Waals surface area contributed by atoms with Crippen molar-refractivity contribution in [1.82, 2.24) is 0 Å². The van der Waals surface area contributed by atoms with Crippen LogP contribution in [0.3, 0.4) is 0 Å². The van der Waals surface area contributed by atoms with Gasteiger partial charge >= 0.3 is 0 Å². The van der Waals surface area contributed by atoms with Crippen LogP contribution in [0.25, 0.3) is 6.08 Å². The summed E-state index contributed by atoms with van der Waals surface area (Å²) in [6.07, 6.45) is 3.75. The second kappa shape index (κ2) is 7.68. The molecule has 32 heavy (non-hydrogen) atoms. The Morgan fingerprint density at radius 3 is 2.25 bits per heavy atom. The highest BCUT2D eigenvalue weighted by atomic mass is 35.5. The topological polar surface area (TPSA) is 67.9 Å². The first-order chi connectivity index (χ1) is 15.6. The van der Waals surface area contributed by atoms with Gasteiger partial charge in [-0.1, -0.05) is 84.4 Å². The van der Waals surface area contributed by atoms with Gasteiger partial charge in [-0.25, -0.2) is 0 Å². The van der Waals surface area contributed by atoms with Crippen LogP contribution in [-0.4, -0.2) is 17.9 Å². The molecular weight excluding hydrogens is 418 g/mol. The van der Waals surface area contributed by atoms with Crippen molar-refractivity contribution in [3.05, 3.63) is 107 Å². The Kier molecular flexibility index (Phi) is 4.82. The van der Waals surface area contributed by atoms with Crippen LogP contribution >= 0.6 is 11.6 Å². The Morgan fingerprint density at radius 1 is 0.938 bits per heavy atom. The zero-order chi connectivity index (χ0) is 22.3. The minimum Gasteiger partial charge on any atom is -0.351 e. The third-order valence-electron chi connectivity index (χ3n) is 6.45. The van der Waals surface area contributed by atoms with Gasteiger partial charge in [-0.2, -0.15) is 10.5 Å². The van der Waals surface area contributed by atoms with Gasteiger partial charge in [-0.05, 0) is 29.3 Å². The van der Waals surface area contributed by atoms with Crippen LogP contribution in [-0.2, 0) is 0 Å². The molecular formula is C27H18ClN3O. The summed E-state index contributed by atoms with van der Waals surface area (Å²) in [5.41, 5.74) is 1.56. The van der Waals surface area contributed by atoms with Gasteiger partial charge in [-0.15, -0.1) is 0 Å². The highest BCUT2D eigenvalue weighted by Crippen LogP contribution is 2.55. The predicted octanol–water partition coefficient (Wildman–Crippen LogP) is 5.62. The minimum atomic E-state index is -1.44. The van der Waals surface area contributed by atoms with Crippen LogP contribution in [0.2, 0.25) is 5.02 Å². The van der Waals surface area contributed by atoms with Gasteiger partial charge in [0.1, 0.15) is 6.04 Å². The van der Waals surface area contributed by atoms with Crippen molar-refractivity contribution < 1.29 is 4.79 Å². The molecule has 0 spiro atoms. The SMILES string of the molecule is N#CC1(C#N)[C@H](c2ccccc2)[C@@H](C(=O)c2ccccc2)N2c3ccc(Cl)cc3C=C[C@H]21. The number of ketones is 1. The molecule has 0 radical (unpaired) electrons. The molecule has 0 unspecified atom stereocenters. The Bertz CT molecular complexity index is 1290. The van der Waals surface area contributed by atoms with Gasteiger partial charge in [0.25, 0.3) is 0 Å². The number of nitrogens with zero attached hydrogens (tertiary/aromatic N) is 3. The summed E-state index contributed by atoms with van der Waals surface area (Å²) in [4.78, 5) is 15.9. The summed E-state index contributed by atoms with van der Waals surface area (Å²) in [5, 5.41) is 21.4. The van der Waals surface area contributed by atoms with E-state index in [9.17, 15) is 15.3 Å². The van der Waals surface area contributed by atoms with Crippen LogP contribution in [0.5, 0.6) is 0 Å². The summed E-state index contributed by atoms with van der Waals surface area (Å²) >= 11 is 6.23. The number of nitriles is 2. The van der Waals surface area contributed by atoms with Crippen molar-refractivity contribution in [3.63, 3.8) is 0 Å². The molecule has 3 atom stereocenters. The van der Waals surface area contributed by atoms with Crippen molar-refractivity contribution in [3.8, 4) is 12.1 Å². The molecule has 0 aromatic heterocycles. The molecule has 2 heterocycles. The van der Waals surface area contributed by atoms with Crippen molar-refractivity contribution >= 4 is 29.1 Å². The zero-order valence-electron chi connectivity index (χ0n) is 17.0. The molecule has 4 nitrogen and oxygen atoms in total. The maximum absolute atomic E-state index is 14.0. The van der Waals surface area contributed by atoms with E-state index >= 15 is 0 Å². The Morgan fingerprint density at radius 2 is 1.59 bits per heavy atom. The Labute approximate surface area is 191 Å². The van der Waals surface area contributed by atoms with E-state index in [0.29, 0.717) is 10.6 Å². The number of fused-ring (bicyclic) bond motifs is 3. The maximum atomic E-state index is 14.0. The third-order valence-corrected chi connectivity index (χ3v) is 6.69. The highest BCUT2D eigenvalue weighted by molar-refractivity contribution is 6.30. The lowest BCUT2D eigenvalue weighted by atomic mass is 9.69. The molecule has 5 heteroatoms. The average molecular weight is 436 g/mol. The van der Waals surface area contributed by atoms with Crippen molar-refractivity contribution in [1.29, 1.82) is 10.5 Å². The first-order valence-corrected chi connectivity index (χ1v) is 10.7. The highest BCUT2D eigenvalue weighted by Gasteiger charge is 2.63. The van der Waals surface area contributed by atoms with E-state index in [1.165, 1.54) is 0 Å². The molecule has 3 aromatic carbocycles. The maximum Gasteiger partial charge on any atom is 0.185 e. The summed E-state index contributed by atoms with van der Waals surface area (Å²) in [5.74, 6) is -0.754. The van der Waals surface area contributed by atoms with Crippen LogP contribution in [0.15, 0.2) is 84.9 Å². The molecule has 1 saturated heterocycles. The van der Waals surface area contributed by atoms with Gasteiger partial charge in [0.2, 0.25) is 0 Å². The number of hydrogen-bond acceptors (Lipinski definition) is 4. The molecule has 0 aliphatic carbocycles. The molecule has 5 rings (SSSR count). The fourth-order valence-corrected chi connectivity index (χ4v) is 5.25. The lowest BCUT2D eigenvalue weighted by Crippen LogP contribution is -2.44. The van der Waals surface area contributed by atoms with E-state index in [-0.39, 0.29) is 5.78 Å². The number of halogens is 1. The molecule has 0 bridgehead atoms. The molecule has 1 fully saturated rings. The number of carbonyl (C=O) groups excluding carboxylic acids is 1. The van der Waals surface area contributed by atoms with Crippen LogP contribution in [0, 0.1) is 28.1 Å². The van der Waals surface area contributed by atoms with E-state index in [2.05, 4.69) is 12.1 Å². The van der Waals surface area contributed by atoms with Crippen molar-refractivity contribution in [2.24, 2.45) is 5.41 Å². The van der Waals surface area contributed by atoms with Gasteiger partial charge < -0.3 is 4.90 Å². The zero-order valence-corrected chi connectivity index (χ0v) is 17.8. The number of hydrogen-bond donors (Lipinski definition) is 0. The molecule has 2 aliphatic rings. The lowest BCUT2D eigenvalue weighted by molar-refractivity contribution is 0.0951. The quantitative estimate of drug-likeness (QED) is 0.500. The summed E-state index contributed by atoms with van der Waals surface area (Å²) < 4.78 is 0. The van der Waals surface area contributed by atoms with E-state index in [0.717, 1.165) is 16.8 Å².